The summed E-state index contributed by atoms with van der Waals surface area (Å²) in [6.45, 7) is 7.12. The minimum absolute atomic E-state index is 0.155. The summed E-state index contributed by atoms with van der Waals surface area (Å²) in [4.78, 5) is 23.0. The zero-order valence-electron chi connectivity index (χ0n) is 14.9. The fourth-order valence-corrected chi connectivity index (χ4v) is 3.10. The number of ether oxygens (including phenoxy) is 1. The molecular weight excluding hydrogens is 318 g/mol. The van der Waals surface area contributed by atoms with Crippen molar-refractivity contribution in [3.63, 3.8) is 0 Å². The molecule has 25 heavy (non-hydrogen) atoms. The van der Waals surface area contributed by atoms with Crippen molar-refractivity contribution < 1.29 is 9.53 Å². The van der Waals surface area contributed by atoms with Crippen LogP contribution in [0.1, 0.15) is 23.5 Å². The maximum atomic E-state index is 12.6. The van der Waals surface area contributed by atoms with Crippen molar-refractivity contribution in [1.82, 2.24) is 24.6 Å². The van der Waals surface area contributed by atoms with Gasteiger partial charge in [-0.1, -0.05) is 0 Å². The minimum atomic E-state index is 0.155. The van der Waals surface area contributed by atoms with E-state index in [4.69, 9.17) is 4.74 Å². The van der Waals surface area contributed by atoms with Crippen molar-refractivity contribution in [3.8, 4) is 0 Å². The molecule has 0 spiro atoms. The van der Waals surface area contributed by atoms with E-state index in [9.17, 15) is 4.79 Å². The maximum absolute atomic E-state index is 12.6. The van der Waals surface area contributed by atoms with Crippen LogP contribution in [0.3, 0.4) is 0 Å². The van der Waals surface area contributed by atoms with Crippen molar-refractivity contribution in [2.24, 2.45) is 5.92 Å². The third-order valence-corrected chi connectivity index (χ3v) is 4.38. The summed E-state index contributed by atoms with van der Waals surface area (Å²) >= 11 is 0. The highest BCUT2D eigenvalue weighted by Crippen LogP contribution is 2.14. The van der Waals surface area contributed by atoms with Crippen molar-refractivity contribution in [1.29, 1.82) is 0 Å². The van der Waals surface area contributed by atoms with Gasteiger partial charge < -0.3 is 9.64 Å². The van der Waals surface area contributed by atoms with E-state index in [1.807, 2.05) is 41.8 Å². The van der Waals surface area contributed by atoms with Crippen molar-refractivity contribution in [2.45, 2.75) is 33.2 Å². The Hall–Kier alpha value is -2.28. The molecule has 1 fully saturated rings. The normalized spacial score (nSPS) is 18.2. The fourth-order valence-electron chi connectivity index (χ4n) is 3.10. The lowest BCUT2D eigenvalue weighted by Crippen LogP contribution is -2.37. The Morgan fingerprint density at radius 3 is 2.96 bits per heavy atom. The van der Waals surface area contributed by atoms with Gasteiger partial charge in [-0.15, -0.1) is 0 Å². The number of carbonyl (C=O) groups excluding carboxylic acids is 1. The topological polar surface area (TPSA) is 73.1 Å². The highest BCUT2D eigenvalue weighted by molar-refractivity contribution is 5.76. The highest BCUT2D eigenvalue weighted by Gasteiger charge is 2.23. The molecule has 0 aromatic carbocycles. The van der Waals surface area contributed by atoms with Crippen molar-refractivity contribution in [2.75, 3.05) is 26.3 Å². The van der Waals surface area contributed by atoms with Crippen LogP contribution in [0, 0.1) is 19.8 Å². The van der Waals surface area contributed by atoms with Gasteiger partial charge in [0.05, 0.1) is 18.9 Å². The molecule has 7 nitrogen and oxygen atoms in total. The molecule has 2 aromatic heterocycles. The smallest absolute Gasteiger partial charge is 0.224 e. The molecule has 0 N–H and O–H groups in total. The number of carbonyl (C=O) groups is 1. The van der Waals surface area contributed by atoms with Gasteiger partial charge in [-0.3, -0.25) is 9.48 Å². The lowest BCUT2D eigenvalue weighted by molar-refractivity contribution is -0.131. The lowest BCUT2D eigenvalue weighted by Gasteiger charge is -2.23. The molecule has 3 rings (SSSR count). The third kappa shape index (κ3) is 5.09. The van der Waals surface area contributed by atoms with Gasteiger partial charge in [0.1, 0.15) is 6.33 Å². The number of rotatable bonds is 5. The second-order valence-electron chi connectivity index (χ2n) is 6.61. The highest BCUT2D eigenvalue weighted by atomic mass is 16.5. The van der Waals surface area contributed by atoms with Crippen LogP contribution in [-0.2, 0) is 22.5 Å². The van der Waals surface area contributed by atoms with E-state index in [1.54, 1.807) is 6.33 Å². The Labute approximate surface area is 148 Å². The van der Waals surface area contributed by atoms with Crippen LogP contribution in [-0.4, -0.2) is 56.9 Å². The molecule has 0 aliphatic carbocycles. The van der Waals surface area contributed by atoms with Crippen LogP contribution in [0.2, 0.25) is 0 Å². The van der Waals surface area contributed by atoms with Crippen LogP contribution >= 0.6 is 0 Å². The second kappa shape index (κ2) is 8.20. The van der Waals surface area contributed by atoms with Crippen LogP contribution < -0.4 is 0 Å². The van der Waals surface area contributed by atoms with E-state index in [0.717, 1.165) is 23.5 Å². The van der Waals surface area contributed by atoms with Crippen molar-refractivity contribution >= 4 is 5.91 Å². The molecule has 0 saturated carbocycles. The average Bonchev–Trinajstić information content (AvgIpc) is 2.86. The average molecular weight is 343 g/mol. The lowest BCUT2D eigenvalue weighted by atomic mass is 10.0. The Balaban J connectivity index is 1.56. The van der Waals surface area contributed by atoms with Crippen LogP contribution in [0.25, 0.3) is 0 Å². The minimum Gasteiger partial charge on any atom is -0.379 e. The van der Waals surface area contributed by atoms with Crippen LogP contribution in [0.4, 0.5) is 0 Å². The van der Waals surface area contributed by atoms with Crippen LogP contribution in [0.5, 0.6) is 0 Å². The summed E-state index contributed by atoms with van der Waals surface area (Å²) < 4.78 is 7.52. The molecule has 0 radical (unpaired) electrons. The molecule has 1 amide bonds. The summed E-state index contributed by atoms with van der Waals surface area (Å²) in [7, 11) is 0. The first-order chi connectivity index (χ1) is 12.1. The number of aromatic nitrogens is 4. The molecule has 134 valence electrons. The summed E-state index contributed by atoms with van der Waals surface area (Å²) in [5, 5.41) is 4.33. The summed E-state index contributed by atoms with van der Waals surface area (Å²) in [6.07, 6.45) is 4.76. The standard InChI is InChI=1S/C18H25N5O2/c1-14-3-5-23(21-14)6-4-18(24)22-7-8-25-12-16(11-22)10-17-9-15(2)19-13-20-17/h3,5,9,13,16H,4,6-8,10-12H2,1-2H3/t16-/m0/s1. The van der Waals surface area contributed by atoms with Gasteiger partial charge in [-0.05, 0) is 32.4 Å². The summed E-state index contributed by atoms with van der Waals surface area (Å²) in [6, 6.07) is 3.95. The Morgan fingerprint density at radius 1 is 1.32 bits per heavy atom. The van der Waals surface area contributed by atoms with Gasteiger partial charge in [-0.2, -0.15) is 5.10 Å². The maximum Gasteiger partial charge on any atom is 0.224 e. The van der Waals surface area contributed by atoms with E-state index >= 15 is 0 Å². The first-order valence-electron chi connectivity index (χ1n) is 8.73. The largest absolute Gasteiger partial charge is 0.379 e. The molecule has 1 saturated heterocycles. The number of hydrogen-bond donors (Lipinski definition) is 0. The molecular formula is C18H25N5O2. The first-order valence-corrected chi connectivity index (χ1v) is 8.73. The zero-order valence-corrected chi connectivity index (χ0v) is 14.9. The monoisotopic (exact) mass is 343 g/mol. The molecule has 1 aliphatic heterocycles. The van der Waals surface area contributed by atoms with E-state index in [2.05, 4.69) is 15.1 Å². The Kier molecular flexibility index (Phi) is 5.75. The summed E-state index contributed by atoms with van der Waals surface area (Å²) in [5.41, 5.74) is 2.93. The number of nitrogens with zero attached hydrogens (tertiary/aromatic N) is 5. The Morgan fingerprint density at radius 2 is 2.20 bits per heavy atom. The first kappa shape index (κ1) is 17.5. The predicted octanol–water partition coefficient (Wildman–Crippen LogP) is 1.40. The summed E-state index contributed by atoms with van der Waals surface area (Å²) in [5.74, 6) is 0.412. The van der Waals surface area contributed by atoms with Crippen molar-refractivity contribution in [3.05, 3.63) is 41.7 Å². The van der Waals surface area contributed by atoms with Gasteiger partial charge >= 0.3 is 0 Å². The van der Waals surface area contributed by atoms with Gasteiger partial charge in [-0.25, -0.2) is 9.97 Å². The molecule has 7 heteroatoms. The van der Waals surface area contributed by atoms with E-state index < -0.39 is 0 Å². The Bertz CT molecular complexity index is 715. The molecule has 0 bridgehead atoms. The van der Waals surface area contributed by atoms with E-state index in [0.29, 0.717) is 39.3 Å². The van der Waals surface area contributed by atoms with Gasteiger partial charge in [0.2, 0.25) is 5.91 Å². The van der Waals surface area contributed by atoms with E-state index in [-0.39, 0.29) is 11.8 Å². The van der Waals surface area contributed by atoms with Crippen LogP contribution in [0.15, 0.2) is 24.7 Å². The van der Waals surface area contributed by atoms with Gasteiger partial charge in [0.25, 0.3) is 0 Å². The predicted molar refractivity (Wildman–Crippen MR) is 92.9 cm³/mol. The zero-order chi connectivity index (χ0) is 17.6. The van der Waals surface area contributed by atoms with E-state index in [1.165, 1.54) is 0 Å². The second-order valence-corrected chi connectivity index (χ2v) is 6.61. The molecule has 0 unspecified atom stereocenters. The number of amides is 1. The quantitative estimate of drug-likeness (QED) is 0.820. The molecule has 2 aromatic rings. The van der Waals surface area contributed by atoms with Gasteiger partial charge in [0.15, 0.2) is 0 Å². The molecule has 1 atom stereocenters. The molecule has 1 aliphatic rings. The molecule has 3 heterocycles. The third-order valence-electron chi connectivity index (χ3n) is 4.38. The SMILES string of the molecule is Cc1cc(C[C@@H]2COCCN(C(=O)CCn3ccc(C)n3)C2)ncn1. The number of hydrogen-bond acceptors (Lipinski definition) is 5. The van der Waals surface area contributed by atoms with Gasteiger partial charge in [0, 0.05) is 49.6 Å². The number of aryl methyl sites for hydroxylation is 3. The fraction of sp³-hybridized carbons (Fsp3) is 0.556.